The lowest BCUT2D eigenvalue weighted by Crippen LogP contribution is -2.21. The van der Waals surface area contributed by atoms with Crippen LogP contribution in [-0.2, 0) is 0 Å². The van der Waals surface area contributed by atoms with Crippen LogP contribution in [-0.4, -0.2) is 27.4 Å². The molecule has 0 aromatic carbocycles. The first-order valence-corrected chi connectivity index (χ1v) is 6.81. The average Bonchev–Trinajstić information content (AvgIpc) is 2.51. The van der Waals surface area contributed by atoms with E-state index in [9.17, 15) is 13.2 Å². The molecule has 0 spiro atoms. The van der Waals surface area contributed by atoms with Gasteiger partial charge >= 0.3 is 6.18 Å². The molecule has 86 valence electrons. The van der Waals surface area contributed by atoms with E-state index in [2.05, 4.69) is 10.2 Å². The van der Waals surface area contributed by atoms with Gasteiger partial charge in [-0.1, -0.05) is 41.8 Å². The standard InChI is InChI=1S/C7H9F3N2S3/c1-3-13-5-11-12-6(15-5)14-4(2)7(8,9)10/h4H,3H2,1-2H3. The number of halogens is 3. The van der Waals surface area contributed by atoms with Crippen molar-refractivity contribution in [2.24, 2.45) is 0 Å². The molecule has 0 saturated carbocycles. The normalized spacial score (nSPS) is 14.2. The highest BCUT2D eigenvalue weighted by atomic mass is 32.2. The number of thioether (sulfide) groups is 2. The summed E-state index contributed by atoms with van der Waals surface area (Å²) in [5, 5.41) is 6.04. The molecule has 1 unspecified atom stereocenters. The van der Waals surface area contributed by atoms with Crippen molar-refractivity contribution in [3.8, 4) is 0 Å². The first-order chi connectivity index (χ1) is 6.93. The Morgan fingerprint density at radius 2 is 1.93 bits per heavy atom. The predicted octanol–water partition coefficient (Wildman–Crippen LogP) is 3.69. The number of hydrogen-bond acceptors (Lipinski definition) is 5. The van der Waals surface area contributed by atoms with Gasteiger partial charge in [-0.25, -0.2) is 0 Å². The van der Waals surface area contributed by atoms with Gasteiger partial charge in [-0.05, 0) is 12.7 Å². The van der Waals surface area contributed by atoms with Crippen LogP contribution < -0.4 is 0 Å². The molecule has 0 aliphatic heterocycles. The van der Waals surface area contributed by atoms with Crippen molar-refractivity contribution >= 4 is 34.9 Å². The smallest absolute Gasteiger partial charge is 0.170 e. The molecule has 0 aliphatic rings. The summed E-state index contributed by atoms with van der Waals surface area (Å²) >= 11 is 3.39. The van der Waals surface area contributed by atoms with Crippen molar-refractivity contribution in [2.75, 3.05) is 5.75 Å². The van der Waals surface area contributed by atoms with E-state index in [1.54, 1.807) is 0 Å². The Kier molecular flexibility index (Phi) is 4.72. The van der Waals surface area contributed by atoms with E-state index in [1.165, 1.54) is 23.1 Å². The zero-order valence-corrected chi connectivity index (χ0v) is 10.5. The van der Waals surface area contributed by atoms with Crippen molar-refractivity contribution in [1.82, 2.24) is 10.2 Å². The van der Waals surface area contributed by atoms with Crippen LogP contribution in [0.2, 0.25) is 0 Å². The quantitative estimate of drug-likeness (QED) is 0.782. The van der Waals surface area contributed by atoms with Crippen LogP contribution >= 0.6 is 34.9 Å². The van der Waals surface area contributed by atoms with E-state index in [4.69, 9.17) is 0 Å². The molecule has 1 aromatic heterocycles. The third-order valence-corrected chi connectivity index (χ3v) is 4.57. The molecule has 0 radical (unpaired) electrons. The summed E-state index contributed by atoms with van der Waals surface area (Å²) < 4.78 is 37.7. The Morgan fingerprint density at radius 3 is 2.47 bits per heavy atom. The summed E-state index contributed by atoms with van der Waals surface area (Å²) in [5.74, 6) is 0.841. The summed E-state index contributed by atoms with van der Waals surface area (Å²) in [6.07, 6.45) is -4.19. The lowest BCUT2D eigenvalue weighted by Gasteiger charge is -2.12. The van der Waals surface area contributed by atoms with Crippen molar-refractivity contribution in [3.05, 3.63) is 0 Å². The summed E-state index contributed by atoms with van der Waals surface area (Å²) in [4.78, 5) is 0. The fraction of sp³-hybridized carbons (Fsp3) is 0.714. The lowest BCUT2D eigenvalue weighted by atomic mass is 10.5. The minimum Gasteiger partial charge on any atom is -0.170 e. The Labute approximate surface area is 98.0 Å². The van der Waals surface area contributed by atoms with Crippen LogP contribution in [0.3, 0.4) is 0 Å². The summed E-state index contributed by atoms with van der Waals surface area (Å²) in [5.41, 5.74) is 0. The summed E-state index contributed by atoms with van der Waals surface area (Å²) in [6.45, 7) is 3.08. The number of hydrogen-bond donors (Lipinski definition) is 0. The van der Waals surface area contributed by atoms with Crippen LogP contribution in [0.25, 0.3) is 0 Å². The Morgan fingerprint density at radius 1 is 1.33 bits per heavy atom. The maximum Gasteiger partial charge on any atom is 0.400 e. The molecule has 2 nitrogen and oxygen atoms in total. The van der Waals surface area contributed by atoms with E-state index >= 15 is 0 Å². The first kappa shape index (κ1) is 13.1. The number of aromatic nitrogens is 2. The Bertz CT molecular complexity index is 313. The lowest BCUT2D eigenvalue weighted by molar-refractivity contribution is -0.125. The van der Waals surface area contributed by atoms with Crippen molar-refractivity contribution in [2.45, 2.75) is 34.0 Å². The monoisotopic (exact) mass is 274 g/mol. The van der Waals surface area contributed by atoms with Gasteiger partial charge in [0, 0.05) is 0 Å². The molecule has 1 rings (SSSR count). The van der Waals surface area contributed by atoms with E-state index < -0.39 is 11.4 Å². The van der Waals surface area contributed by atoms with Gasteiger partial charge < -0.3 is 0 Å². The molecule has 0 saturated heterocycles. The zero-order chi connectivity index (χ0) is 11.5. The molecule has 0 bridgehead atoms. The fourth-order valence-corrected chi connectivity index (χ4v) is 3.67. The van der Waals surface area contributed by atoms with E-state index in [-0.39, 0.29) is 0 Å². The van der Waals surface area contributed by atoms with Gasteiger partial charge in [-0.15, -0.1) is 10.2 Å². The Balaban J connectivity index is 2.57. The summed E-state index contributed by atoms with van der Waals surface area (Å²) in [6, 6.07) is 0. The second-order valence-electron chi connectivity index (χ2n) is 2.57. The maximum absolute atomic E-state index is 12.2. The molecule has 0 aliphatic carbocycles. The average molecular weight is 274 g/mol. The molecule has 8 heteroatoms. The second kappa shape index (κ2) is 5.40. The highest BCUT2D eigenvalue weighted by molar-refractivity contribution is 8.03. The highest BCUT2D eigenvalue weighted by Gasteiger charge is 2.37. The maximum atomic E-state index is 12.2. The van der Waals surface area contributed by atoms with Crippen molar-refractivity contribution in [3.63, 3.8) is 0 Å². The van der Waals surface area contributed by atoms with Gasteiger partial charge in [0.05, 0.1) is 0 Å². The number of rotatable bonds is 4. The molecule has 15 heavy (non-hydrogen) atoms. The van der Waals surface area contributed by atoms with Crippen LogP contribution in [0.1, 0.15) is 13.8 Å². The molecular formula is C7H9F3N2S3. The van der Waals surface area contributed by atoms with Gasteiger partial charge in [0.1, 0.15) is 5.25 Å². The minimum absolute atomic E-state index is 0.371. The zero-order valence-electron chi connectivity index (χ0n) is 8.04. The van der Waals surface area contributed by atoms with E-state index in [0.29, 0.717) is 16.1 Å². The predicted molar refractivity (Wildman–Crippen MR) is 57.7 cm³/mol. The molecule has 0 N–H and O–H groups in total. The largest absolute Gasteiger partial charge is 0.400 e. The number of alkyl halides is 3. The van der Waals surface area contributed by atoms with Crippen LogP contribution in [0.4, 0.5) is 13.2 Å². The van der Waals surface area contributed by atoms with Crippen LogP contribution in [0, 0.1) is 0 Å². The third kappa shape index (κ3) is 4.20. The minimum atomic E-state index is -4.19. The SMILES string of the molecule is CCSc1nnc(SC(C)C(F)(F)F)s1. The molecule has 1 atom stereocenters. The first-order valence-electron chi connectivity index (χ1n) is 4.13. The molecular weight excluding hydrogens is 265 g/mol. The second-order valence-corrected chi connectivity index (χ2v) is 6.65. The number of nitrogens with zero attached hydrogens (tertiary/aromatic N) is 2. The van der Waals surface area contributed by atoms with Gasteiger partial charge in [0.2, 0.25) is 0 Å². The van der Waals surface area contributed by atoms with Crippen LogP contribution in [0.15, 0.2) is 8.68 Å². The third-order valence-electron chi connectivity index (χ3n) is 1.39. The molecule has 0 amide bonds. The fourth-order valence-electron chi connectivity index (χ4n) is 0.645. The van der Waals surface area contributed by atoms with Crippen molar-refractivity contribution < 1.29 is 13.2 Å². The van der Waals surface area contributed by atoms with Gasteiger partial charge in [-0.3, -0.25) is 0 Å². The van der Waals surface area contributed by atoms with Gasteiger partial charge in [0.15, 0.2) is 8.68 Å². The van der Waals surface area contributed by atoms with E-state index in [0.717, 1.165) is 17.0 Å². The van der Waals surface area contributed by atoms with Gasteiger partial charge in [-0.2, -0.15) is 13.2 Å². The topological polar surface area (TPSA) is 25.8 Å². The van der Waals surface area contributed by atoms with E-state index in [1.807, 2.05) is 6.92 Å². The molecule has 1 heterocycles. The van der Waals surface area contributed by atoms with Crippen molar-refractivity contribution in [1.29, 1.82) is 0 Å². The molecule has 1 aromatic rings. The Hall–Kier alpha value is 0.0500. The van der Waals surface area contributed by atoms with Gasteiger partial charge in [0.25, 0.3) is 0 Å². The molecule has 0 fully saturated rings. The highest BCUT2D eigenvalue weighted by Crippen LogP contribution is 2.37. The summed E-state index contributed by atoms with van der Waals surface area (Å²) in [7, 11) is 0. The van der Waals surface area contributed by atoms with Crippen LogP contribution in [0.5, 0.6) is 0 Å².